The molecule has 0 bridgehead atoms. The molecule has 1 aliphatic heterocycles. The monoisotopic (exact) mass is 262 g/mol. The molecular formula is C16H26N2O. The summed E-state index contributed by atoms with van der Waals surface area (Å²) in [5.41, 5.74) is 2.27. The fourth-order valence-corrected chi connectivity index (χ4v) is 3.11. The van der Waals surface area contributed by atoms with Gasteiger partial charge in [0.25, 0.3) is 0 Å². The number of aryl methyl sites for hydroxylation is 1. The van der Waals surface area contributed by atoms with Gasteiger partial charge in [-0.3, -0.25) is 4.90 Å². The number of aromatic hydroxyl groups is 1. The normalized spacial score (nSPS) is 22.4. The summed E-state index contributed by atoms with van der Waals surface area (Å²) >= 11 is 0. The third kappa shape index (κ3) is 3.48. The molecule has 2 atom stereocenters. The van der Waals surface area contributed by atoms with E-state index in [4.69, 9.17) is 0 Å². The van der Waals surface area contributed by atoms with Crippen LogP contribution in [0.2, 0.25) is 0 Å². The van der Waals surface area contributed by atoms with E-state index in [2.05, 4.69) is 30.1 Å². The topological polar surface area (TPSA) is 35.5 Å². The minimum absolute atomic E-state index is 0.291. The largest absolute Gasteiger partial charge is 0.508 e. The Kier molecular flexibility index (Phi) is 4.83. The lowest BCUT2D eigenvalue weighted by atomic mass is 9.94. The van der Waals surface area contributed by atoms with Crippen LogP contribution in [0.4, 0.5) is 0 Å². The molecule has 2 unspecified atom stereocenters. The average molecular weight is 262 g/mol. The smallest absolute Gasteiger partial charge is 0.120 e. The Labute approximate surface area is 116 Å². The minimum Gasteiger partial charge on any atom is -0.508 e. The Morgan fingerprint density at radius 2 is 2.26 bits per heavy atom. The zero-order valence-electron chi connectivity index (χ0n) is 12.3. The summed E-state index contributed by atoms with van der Waals surface area (Å²) in [4.78, 5) is 2.50. The molecule has 0 aromatic heterocycles. The fourth-order valence-electron chi connectivity index (χ4n) is 3.11. The maximum Gasteiger partial charge on any atom is 0.120 e. The summed E-state index contributed by atoms with van der Waals surface area (Å²) in [6.07, 6.45) is 2.56. The highest BCUT2D eigenvalue weighted by Gasteiger charge is 2.25. The van der Waals surface area contributed by atoms with E-state index >= 15 is 0 Å². The van der Waals surface area contributed by atoms with Crippen LogP contribution in [-0.2, 0) is 0 Å². The Hall–Kier alpha value is -1.06. The highest BCUT2D eigenvalue weighted by Crippen LogP contribution is 2.32. The number of phenolic OH excluding ortho intramolecular Hbond substituents is 1. The first-order chi connectivity index (χ1) is 9.11. The maximum absolute atomic E-state index is 10.1. The molecule has 2 N–H and O–H groups in total. The predicted molar refractivity (Wildman–Crippen MR) is 79.5 cm³/mol. The number of nitrogens with zero attached hydrogens (tertiary/aromatic N) is 1. The van der Waals surface area contributed by atoms with Gasteiger partial charge in [0.2, 0.25) is 0 Å². The third-order valence-corrected chi connectivity index (χ3v) is 4.22. The molecule has 1 aromatic rings. The molecule has 1 saturated heterocycles. The molecule has 0 aliphatic carbocycles. The molecule has 2 rings (SSSR count). The van der Waals surface area contributed by atoms with Crippen LogP contribution in [0.5, 0.6) is 5.75 Å². The van der Waals surface area contributed by atoms with Crippen LogP contribution in [0.3, 0.4) is 0 Å². The van der Waals surface area contributed by atoms with Crippen molar-refractivity contribution >= 4 is 0 Å². The summed E-state index contributed by atoms with van der Waals surface area (Å²) in [5.74, 6) is 1.15. The maximum atomic E-state index is 10.1. The standard InChI is InChI=1S/C16H26N2O/c1-12-6-7-16(19)15(9-12)13(2)18-8-4-5-14(11-18)10-17-3/h6-7,9,13-14,17,19H,4-5,8,10-11H2,1-3H3. The summed E-state index contributed by atoms with van der Waals surface area (Å²) in [5, 5.41) is 13.3. The number of nitrogens with one attached hydrogen (secondary N) is 1. The van der Waals surface area contributed by atoms with Crippen LogP contribution in [0.25, 0.3) is 0 Å². The molecule has 0 saturated carbocycles. The van der Waals surface area contributed by atoms with Crippen molar-refractivity contribution in [2.24, 2.45) is 5.92 Å². The number of hydrogen-bond donors (Lipinski definition) is 2. The van der Waals surface area contributed by atoms with Gasteiger partial charge in [-0.2, -0.15) is 0 Å². The van der Waals surface area contributed by atoms with Gasteiger partial charge in [0, 0.05) is 18.2 Å². The second-order valence-electron chi connectivity index (χ2n) is 5.80. The van der Waals surface area contributed by atoms with Gasteiger partial charge in [-0.05, 0) is 58.8 Å². The second kappa shape index (κ2) is 6.40. The molecule has 106 valence electrons. The minimum atomic E-state index is 0.291. The van der Waals surface area contributed by atoms with E-state index in [1.54, 1.807) is 0 Å². The van der Waals surface area contributed by atoms with Crippen LogP contribution >= 0.6 is 0 Å². The van der Waals surface area contributed by atoms with Crippen LogP contribution in [0, 0.1) is 12.8 Å². The third-order valence-electron chi connectivity index (χ3n) is 4.22. The molecule has 0 spiro atoms. The number of likely N-dealkylation sites (tertiary alicyclic amines) is 1. The van der Waals surface area contributed by atoms with Gasteiger partial charge >= 0.3 is 0 Å². The van der Waals surface area contributed by atoms with Crippen molar-refractivity contribution in [2.45, 2.75) is 32.7 Å². The van der Waals surface area contributed by atoms with E-state index in [1.165, 1.54) is 18.4 Å². The van der Waals surface area contributed by atoms with Crippen LogP contribution in [-0.4, -0.2) is 36.7 Å². The predicted octanol–water partition coefficient (Wildman–Crippen LogP) is 2.69. The molecule has 19 heavy (non-hydrogen) atoms. The van der Waals surface area contributed by atoms with Crippen LogP contribution < -0.4 is 5.32 Å². The summed E-state index contributed by atoms with van der Waals surface area (Å²) < 4.78 is 0. The lowest BCUT2D eigenvalue weighted by Gasteiger charge is -2.37. The number of piperidine rings is 1. The number of phenols is 1. The molecule has 3 nitrogen and oxygen atoms in total. The fraction of sp³-hybridized carbons (Fsp3) is 0.625. The molecule has 1 heterocycles. The second-order valence-corrected chi connectivity index (χ2v) is 5.80. The van der Waals surface area contributed by atoms with Gasteiger partial charge in [-0.25, -0.2) is 0 Å². The first-order valence-electron chi connectivity index (χ1n) is 7.30. The Bertz CT molecular complexity index is 417. The first kappa shape index (κ1) is 14.4. The van der Waals surface area contributed by atoms with Crippen molar-refractivity contribution in [2.75, 3.05) is 26.7 Å². The van der Waals surface area contributed by atoms with Gasteiger partial charge in [0.1, 0.15) is 5.75 Å². The van der Waals surface area contributed by atoms with Gasteiger partial charge in [-0.15, -0.1) is 0 Å². The van der Waals surface area contributed by atoms with Crippen molar-refractivity contribution in [1.29, 1.82) is 0 Å². The molecular weight excluding hydrogens is 236 g/mol. The summed E-state index contributed by atoms with van der Waals surface area (Å²) in [6, 6.07) is 6.18. The van der Waals surface area contributed by atoms with Gasteiger partial charge < -0.3 is 10.4 Å². The number of hydrogen-bond acceptors (Lipinski definition) is 3. The van der Waals surface area contributed by atoms with E-state index in [0.717, 1.165) is 31.1 Å². The van der Waals surface area contributed by atoms with E-state index < -0.39 is 0 Å². The molecule has 3 heteroatoms. The van der Waals surface area contributed by atoms with Crippen molar-refractivity contribution in [3.8, 4) is 5.75 Å². The molecule has 0 amide bonds. The number of rotatable bonds is 4. The van der Waals surface area contributed by atoms with Crippen molar-refractivity contribution < 1.29 is 5.11 Å². The van der Waals surface area contributed by atoms with Crippen LogP contribution in [0.15, 0.2) is 18.2 Å². The van der Waals surface area contributed by atoms with Crippen molar-refractivity contribution in [1.82, 2.24) is 10.2 Å². The van der Waals surface area contributed by atoms with E-state index in [-0.39, 0.29) is 0 Å². The van der Waals surface area contributed by atoms with E-state index in [9.17, 15) is 5.11 Å². The Balaban J connectivity index is 2.10. The van der Waals surface area contributed by atoms with Gasteiger partial charge in [0.05, 0.1) is 0 Å². The quantitative estimate of drug-likeness (QED) is 0.876. The molecule has 1 aromatic carbocycles. The molecule has 1 fully saturated rings. The van der Waals surface area contributed by atoms with E-state index in [0.29, 0.717) is 11.8 Å². The van der Waals surface area contributed by atoms with Gasteiger partial charge in [0.15, 0.2) is 0 Å². The summed E-state index contributed by atoms with van der Waals surface area (Å²) in [6.45, 7) is 7.62. The zero-order valence-corrected chi connectivity index (χ0v) is 12.3. The molecule has 1 aliphatic rings. The van der Waals surface area contributed by atoms with Crippen LogP contribution in [0.1, 0.15) is 36.9 Å². The lowest BCUT2D eigenvalue weighted by Crippen LogP contribution is -2.40. The van der Waals surface area contributed by atoms with E-state index in [1.807, 2.05) is 19.2 Å². The zero-order chi connectivity index (χ0) is 13.8. The molecule has 0 radical (unpaired) electrons. The number of benzene rings is 1. The van der Waals surface area contributed by atoms with Gasteiger partial charge in [-0.1, -0.05) is 17.7 Å². The first-order valence-corrected chi connectivity index (χ1v) is 7.30. The Morgan fingerprint density at radius 1 is 1.47 bits per heavy atom. The Morgan fingerprint density at radius 3 is 3.00 bits per heavy atom. The SMILES string of the molecule is CNCC1CCCN(C(C)c2cc(C)ccc2O)C1. The van der Waals surface area contributed by atoms with Crippen molar-refractivity contribution in [3.05, 3.63) is 29.3 Å². The highest BCUT2D eigenvalue weighted by atomic mass is 16.3. The van der Waals surface area contributed by atoms with Crippen molar-refractivity contribution in [3.63, 3.8) is 0 Å². The average Bonchev–Trinajstić information content (AvgIpc) is 2.41. The highest BCUT2D eigenvalue weighted by molar-refractivity contribution is 5.37. The lowest BCUT2D eigenvalue weighted by molar-refractivity contribution is 0.130. The summed E-state index contributed by atoms with van der Waals surface area (Å²) in [7, 11) is 2.02.